The van der Waals surface area contributed by atoms with Gasteiger partial charge in [-0.05, 0) is 43.4 Å². The van der Waals surface area contributed by atoms with Gasteiger partial charge in [0.15, 0.2) is 0 Å². The number of nitrogens with zero attached hydrogens (tertiary/aromatic N) is 6. The highest BCUT2D eigenvalue weighted by molar-refractivity contribution is 5.79. The molecule has 2 aromatic carbocycles. The molecule has 1 fully saturated rings. The van der Waals surface area contributed by atoms with Gasteiger partial charge in [0.1, 0.15) is 5.69 Å². The molecule has 0 bridgehead atoms. The maximum absolute atomic E-state index is 9.42. The van der Waals surface area contributed by atoms with Gasteiger partial charge in [-0.2, -0.15) is 5.10 Å². The van der Waals surface area contributed by atoms with E-state index >= 15 is 0 Å². The molecule has 0 aliphatic carbocycles. The van der Waals surface area contributed by atoms with Gasteiger partial charge in [0.25, 0.3) is 0 Å². The number of likely N-dealkylation sites (N-methyl/N-ethyl adjacent to an activating group) is 1. The molecule has 4 N–H and O–H groups in total. The number of benzene rings is 2. The number of aliphatic hydroxyl groups is 1. The molecule has 0 atom stereocenters. The Bertz CT molecular complexity index is 1280. The van der Waals surface area contributed by atoms with Crippen LogP contribution in [0, 0.1) is 0 Å². The minimum absolute atomic E-state index is 0.00250. The zero-order valence-electron chi connectivity index (χ0n) is 19.8. The van der Waals surface area contributed by atoms with Crippen LogP contribution in [0.2, 0.25) is 0 Å². The Morgan fingerprint density at radius 1 is 1.03 bits per heavy atom. The minimum atomic E-state index is 0.00250. The van der Waals surface area contributed by atoms with Crippen molar-refractivity contribution in [3.8, 4) is 22.5 Å². The summed E-state index contributed by atoms with van der Waals surface area (Å²) in [6.45, 7) is 4.54. The Labute approximate surface area is 204 Å². The molecule has 9 nitrogen and oxygen atoms in total. The van der Waals surface area contributed by atoms with Crippen LogP contribution >= 0.6 is 0 Å². The summed E-state index contributed by atoms with van der Waals surface area (Å²) in [4.78, 5) is 14.0. The summed E-state index contributed by atoms with van der Waals surface area (Å²) in [5.41, 5.74) is 12.0. The third-order valence-electron chi connectivity index (χ3n) is 6.18. The number of nitrogen functional groups attached to an aromatic ring is 1. The number of hydrogen-bond donors (Lipinski definition) is 3. The molecule has 4 aromatic rings. The lowest BCUT2D eigenvalue weighted by Gasteiger charge is -2.34. The molecular formula is C26H30N8O. The van der Waals surface area contributed by atoms with E-state index in [0.717, 1.165) is 54.4 Å². The molecule has 3 heterocycles. The molecule has 0 radical (unpaired) electrons. The fraction of sp³-hybridized carbons (Fsp3) is 0.269. The largest absolute Gasteiger partial charge is 0.399 e. The van der Waals surface area contributed by atoms with E-state index in [4.69, 9.17) is 10.7 Å². The highest BCUT2D eigenvalue weighted by atomic mass is 16.3. The molecule has 35 heavy (non-hydrogen) atoms. The summed E-state index contributed by atoms with van der Waals surface area (Å²) in [5.74, 6) is 0.510. The normalized spacial score (nSPS) is 14.3. The average Bonchev–Trinajstić information content (AvgIpc) is 3.29. The van der Waals surface area contributed by atoms with Gasteiger partial charge in [0.2, 0.25) is 5.95 Å². The number of nitrogens with one attached hydrogen (secondary N) is 1. The zero-order valence-corrected chi connectivity index (χ0v) is 19.8. The van der Waals surface area contributed by atoms with Gasteiger partial charge in [0.05, 0.1) is 18.8 Å². The molecule has 5 rings (SSSR count). The van der Waals surface area contributed by atoms with Crippen LogP contribution in [-0.4, -0.2) is 69.6 Å². The van der Waals surface area contributed by atoms with E-state index in [1.165, 1.54) is 5.69 Å². The van der Waals surface area contributed by atoms with Gasteiger partial charge in [0, 0.05) is 66.8 Å². The van der Waals surface area contributed by atoms with E-state index in [0.29, 0.717) is 18.2 Å². The SMILES string of the molecule is CN1CCN(c2cccc(Nc3nccc(-c4cn(CCO)nc4-c4ccc(N)cc4)n3)c2)CC1. The first-order valence-corrected chi connectivity index (χ1v) is 11.8. The van der Waals surface area contributed by atoms with Crippen molar-refractivity contribution >= 4 is 23.0 Å². The summed E-state index contributed by atoms with van der Waals surface area (Å²) >= 11 is 0. The lowest BCUT2D eigenvalue weighted by Crippen LogP contribution is -2.44. The second kappa shape index (κ2) is 10.1. The van der Waals surface area contributed by atoms with Crippen LogP contribution < -0.4 is 16.0 Å². The van der Waals surface area contributed by atoms with Crippen LogP contribution in [0.15, 0.2) is 67.0 Å². The summed E-state index contributed by atoms with van der Waals surface area (Å²) in [6, 6.07) is 17.8. The molecule has 1 aliphatic heterocycles. The van der Waals surface area contributed by atoms with Gasteiger partial charge < -0.3 is 26.0 Å². The van der Waals surface area contributed by atoms with Gasteiger partial charge >= 0.3 is 0 Å². The number of piperazine rings is 1. The van der Waals surface area contributed by atoms with Crippen LogP contribution in [0.25, 0.3) is 22.5 Å². The van der Waals surface area contributed by atoms with E-state index in [1.54, 1.807) is 10.9 Å². The Kier molecular flexibility index (Phi) is 6.60. The molecule has 0 saturated carbocycles. The van der Waals surface area contributed by atoms with Crippen LogP contribution in [0.3, 0.4) is 0 Å². The van der Waals surface area contributed by atoms with E-state index in [2.05, 4.69) is 50.4 Å². The summed E-state index contributed by atoms with van der Waals surface area (Å²) in [5, 5.41) is 17.5. The van der Waals surface area contributed by atoms with E-state index in [-0.39, 0.29) is 6.61 Å². The third kappa shape index (κ3) is 5.26. The van der Waals surface area contributed by atoms with Gasteiger partial charge in [-0.3, -0.25) is 4.68 Å². The molecule has 1 aliphatic rings. The van der Waals surface area contributed by atoms with Crippen LogP contribution in [0.1, 0.15) is 0 Å². The van der Waals surface area contributed by atoms with Crippen molar-refractivity contribution in [2.45, 2.75) is 6.54 Å². The number of aromatic nitrogens is 4. The summed E-state index contributed by atoms with van der Waals surface area (Å²) < 4.78 is 1.73. The standard InChI is InChI=1S/C26H30N8O/c1-32-11-13-33(14-12-32)22-4-2-3-21(17-22)29-26-28-10-9-24(30-26)23-18-34(15-16-35)31-25(23)19-5-7-20(27)8-6-19/h2-10,17-18,35H,11-16,27H2,1H3,(H,28,29,30). The van der Waals surface area contributed by atoms with Gasteiger partial charge in [-0.25, -0.2) is 9.97 Å². The Hall–Kier alpha value is -3.95. The van der Waals surface area contributed by atoms with Gasteiger partial charge in [-0.1, -0.05) is 18.2 Å². The van der Waals surface area contributed by atoms with Crippen molar-refractivity contribution in [3.05, 3.63) is 67.0 Å². The number of nitrogens with two attached hydrogens (primary N) is 1. The lowest BCUT2D eigenvalue weighted by molar-refractivity contribution is 0.269. The quantitative estimate of drug-likeness (QED) is 0.354. The first-order valence-electron chi connectivity index (χ1n) is 11.8. The Balaban J connectivity index is 1.42. The minimum Gasteiger partial charge on any atom is -0.399 e. The van der Waals surface area contributed by atoms with Gasteiger partial charge in [-0.15, -0.1) is 0 Å². The average molecular weight is 471 g/mol. The molecule has 1 saturated heterocycles. The van der Waals surface area contributed by atoms with Crippen LogP contribution in [0.4, 0.5) is 23.0 Å². The molecule has 0 amide bonds. The predicted octanol–water partition coefficient (Wildman–Crippen LogP) is 3.08. The van der Waals surface area contributed by atoms with Crippen molar-refractivity contribution < 1.29 is 5.11 Å². The lowest BCUT2D eigenvalue weighted by atomic mass is 10.1. The molecule has 180 valence electrons. The Morgan fingerprint density at radius 3 is 2.60 bits per heavy atom. The van der Waals surface area contributed by atoms with Crippen molar-refractivity contribution in [1.82, 2.24) is 24.6 Å². The second-order valence-corrected chi connectivity index (χ2v) is 8.73. The Morgan fingerprint density at radius 2 is 1.83 bits per heavy atom. The summed E-state index contributed by atoms with van der Waals surface area (Å²) in [6.07, 6.45) is 3.65. The highest BCUT2D eigenvalue weighted by Gasteiger charge is 2.17. The van der Waals surface area contributed by atoms with E-state index in [9.17, 15) is 5.11 Å². The third-order valence-corrected chi connectivity index (χ3v) is 6.18. The van der Waals surface area contributed by atoms with E-state index < -0.39 is 0 Å². The molecule has 9 heteroatoms. The smallest absolute Gasteiger partial charge is 0.227 e. The molecule has 2 aromatic heterocycles. The van der Waals surface area contributed by atoms with Crippen LogP contribution in [-0.2, 0) is 6.54 Å². The van der Waals surface area contributed by atoms with Crippen molar-refractivity contribution in [3.63, 3.8) is 0 Å². The fourth-order valence-corrected chi connectivity index (χ4v) is 4.22. The topological polar surface area (TPSA) is 108 Å². The van der Waals surface area contributed by atoms with Crippen molar-refractivity contribution in [1.29, 1.82) is 0 Å². The predicted molar refractivity (Wildman–Crippen MR) is 140 cm³/mol. The first kappa shape index (κ1) is 22.8. The highest BCUT2D eigenvalue weighted by Crippen LogP contribution is 2.31. The second-order valence-electron chi connectivity index (χ2n) is 8.73. The maximum Gasteiger partial charge on any atom is 0.227 e. The monoisotopic (exact) mass is 470 g/mol. The number of hydrogen-bond acceptors (Lipinski definition) is 8. The van der Waals surface area contributed by atoms with Crippen LogP contribution in [0.5, 0.6) is 0 Å². The number of anilines is 4. The van der Waals surface area contributed by atoms with Crippen molar-refractivity contribution in [2.75, 3.05) is 55.8 Å². The molecule has 0 unspecified atom stereocenters. The van der Waals surface area contributed by atoms with E-state index in [1.807, 2.05) is 42.6 Å². The molecule has 0 spiro atoms. The van der Waals surface area contributed by atoms with Crippen molar-refractivity contribution in [2.24, 2.45) is 0 Å². The fourth-order valence-electron chi connectivity index (χ4n) is 4.22. The summed E-state index contributed by atoms with van der Waals surface area (Å²) in [7, 11) is 2.16. The maximum atomic E-state index is 9.42. The number of rotatable bonds is 7. The molecular weight excluding hydrogens is 440 g/mol. The first-order chi connectivity index (χ1) is 17.1. The number of aliphatic hydroxyl groups excluding tert-OH is 1. The zero-order chi connectivity index (χ0) is 24.2.